The molecule has 2 aliphatic carbocycles. The minimum absolute atomic E-state index is 0.0943. The molecule has 2 saturated carbocycles. The number of hydrogen-bond acceptors (Lipinski definition) is 3. The number of benzene rings is 1. The van der Waals surface area contributed by atoms with Crippen LogP contribution < -0.4 is 5.32 Å². The van der Waals surface area contributed by atoms with Crippen LogP contribution in [0.3, 0.4) is 0 Å². The molecule has 4 aliphatic rings. The van der Waals surface area contributed by atoms with E-state index < -0.39 is 0 Å². The second-order valence-electron chi connectivity index (χ2n) is 10.1. The highest BCUT2D eigenvalue weighted by molar-refractivity contribution is 5.74. The highest BCUT2D eigenvalue weighted by Gasteiger charge is 2.45. The van der Waals surface area contributed by atoms with Gasteiger partial charge >= 0.3 is 6.03 Å². The van der Waals surface area contributed by atoms with Gasteiger partial charge in [0.05, 0.1) is 5.60 Å². The fourth-order valence-corrected chi connectivity index (χ4v) is 5.85. The number of ether oxygens (including phenoxy) is 1. The molecule has 0 aromatic heterocycles. The van der Waals surface area contributed by atoms with Crippen molar-refractivity contribution in [1.82, 2.24) is 15.1 Å². The van der Waals surface area contributed by atoms with E-state index in [1.165, 1.54) is 31.2 Å². The largest absolute Gasteiger partial charge is 0.375 e. The van der Waals surface area contributed by atoms with Crippen LogP contribution >= 0.6 is 0 Å². The Balaban J connectivity index is 1.18. The number of halogens is 1. The van der Waals surface area contributed by atoms with Gasteiger partial charge < -0.3 is 15.0 Å². The molecular formula is C25H36FN3O2. The van der Waals surface area contributed by atoms with Gasteiger partial charge in [-0.2, -0.15) is 0 Å². The topological polar surface area (TPSA) is 44.8 Å². The first-order chi connectivity index (χ1) is 15.1. The van der Waals surface area contributed by atoms with Gasteiger partial charge in [-0.15, -0.1) is 0 Å². The number of amides is 2. The quantitative estimate of drug-likeness (QED) is 0.752. The lowest BCUT2D eigenvalue weighted by atomic mass is 9.81. The molecule has 5 nitrogen and oxygen atoms in total. The first-order valence-electron chi connectivity index (χ1n) is 12.3. The van der Waals surface area contributed by atoms with E-state index in [0.717, 1.165) is 64.8 Å². The summed E-state index contributed by atoms with van der Waals surface area (Å²) >= 11 is 0. The van der Waals surface area contributed by atoms with E-state index in [1.54, 1.807) is 12.1 Å². The van der Waals surface area contributed by atoms with Crippen LogP contribution in [0.25, 0.3) is 0 Å². The zero-order valence-electron chi connectivity index (χ0n) is 18.5. The summed E-state index contributed by atoms with van der Waals surface area (Å²) in [5.74, 6) is -0.171. The highest BCUT2D eigenvalue weighted by atomic mass is 19.1. The van der Waals surface area contributed by atoms with Gasteiger partial charge in [0.15, 0.2) is 0 Å². The molecule has 2 saturated heterocycles. The van der Waals surface area contributed by atoms with Crippen molar-refractivity contribution in [1.29, 1.82) is 0 Å². The number of nitrogens with zero attached hydrogens (tertiary/aromatic N) is 2. The molecule has 1 N–H and O–H groups in total. The van der Waals surface area contributed by atoms with Crippen LogP contribution in [0, 0.1) is 5.82 Å². The number of urea groups is 1. The normalized spacial score (nSPS) is 26.5. The van der Waals surface area contributed by atoms with E-state index in [4.69, 9.17) is 4.74 Å². The third-order valence-corrected chi connectivity index (χ3v) is 7.87. The summed E-state index contributed by atoms with van der Waals surface area (Å²) in [5.41, 5.74) is 1.09. The number of carbonyl (C=O) groups excluding carboxylic acids is 1. The Hall–Kier alpha value is -1.66. The van der Waals surface area contributed by atoms with Crippen LogP contribution in [0.15, 0.2) is 24.3 Å². The predicted molar refractivity (Wildman–Crippen MR) is 118 cm³/mol. The summed E-state index contributed by atoms with van der Waals surface area (Å²) in [4.78, 5) is 17.3. The van der Waals surface area contributed by atoms with Crippen LogP contribution in [-0.2, 0) is 11.3 Å². The summed E-state index contributed by atoms with van der Waals surface area (Å²) in [6.07, 6.45) is 11.2. The molecule has 31 heavy (non-hydrogen) atoms. The van der Waals surface area contributed by atoms with Crippen LogP contribution in [0.1, 0.15) is 69.8 Å². The lowest BCUT2D eigenvalue weighted by molar-refractivity contribution is -0.131. The molecule has 0 radical (unpaired) electrons. The van der Waals surface area contributed by atoms with Crippen molar-refractivity contribution in [3.05, 3.63) is 35.6 Å². The minimum atomic E-state index is -0.171. The van der Waals surface area contributed by atoms with Gasteiger partial charge in [0.25, 0.3) is 0 Å². The van der Waals surface area contributed by atoms with E-state index in [-0.39, 0.29) is 17.4 Å². The van der Waals surface area contributed by atoms with Crippen molar-refractivity contribution < 1.29 is 13.9 Å². The van der Waals surface area contributed by atoms with Crippen LogP contribution in [-0.4, -0.2) is 59.3 Å². The highest BCUT2D eigenvalue weighted by Crippen LogP contribution is 2.40. The fraction of sp³-hybridized carbons (Fsp3) is 0.720. The zero-order valence-corrected chi connectivity index (χ0v) is 18.5. The van der Waals surface area contributed by atoms with E-state index >= 15 is 0 Å². The maximum Gasteiger partial charge on any atom is 0.317 e. The number of piperidine rings is 1. The molecule has 2 amide bonds. The molecule has 1 spiro atoms. The fourth-order valence-electron chi connectivity index (χ4n) is 5.85. The summed E-state index contributed by atoms with van der Waals surface area (Å²) in [6, 6.07) is 8.62. The average Bonchev–Trinajstić information content (AvgIpc) is 3.49. The molecule has 1 aromatic carbocycles. The predicted octanol–water partition coefficient (Wildman–Crippen LogP) is 4.46. The molecule has 0 bridgehead atoms. The standard InChI is InChI=1S/C25H36FN3O2/c26-20-7-5-19(6-8-20)18-29(22-9-10-22)23-11-16-31-25(17-23)12-14-28(15-13-25)24(30)27-21-3-1-2-4-21/h5-8,21-23H,1-4,9-18H2,(H,27,30). The maximum atomic E-state index is 13.3. The number of likely N-dealkylation sites (tertiary alicyclic amines) is 1. The first-order valence-corrected chi connectivity index (χ1v) is 12.3. The Kier molecular flexibility index (Phi) is 6.20. The average molecular weight is 430 g/mol. The zero-order chi connectivity index (χ0) is 21.3. The minimum Gasteiger partial charge on any atom is -0.375 e. The maximum absolute atomic E-state index is 13.3. The van der Waals surface area contributed by atoms with E-state index in [9.17, 15) is 9.18 Å². The van der Waals surface area contributed by atoms with Crippen LogP contribution in [0.5, 0.6) is 0 Å². The Bertz CT molecular complexity index is 753. The first kappa shape index (κ1) is 21.2. The molecule has 2 heterocycles. The van der Waals surface area contributed by atoms with Gasteiger partial charge in [0, 0.05) is 44.4 Å². The van der Waals surface area contributed by atoms with Crippen molar-refractivity contribution in [2.24, 2.45) is 0 Å². The monoisotopic (exact) mass is 429 g/mol. The second kappa shape index (κ2) is 9.07. The van der Waals surface area contributed by atoms with E-state index in [1.807, 2.05) is 17.0 Å². The molecule has 5 rings (SSSR count). The smallest absolute Gasteiger partial charge is 0.317 e. The van der Waals surface area contributed by atoms with Crippen molar-refractivity contribution >= 4 is 6.03 Å². The van der Waals surface area contributed by atoms with Crippen molar-refractivity contribution in [2.45, 2.75) is 94.5 Å². The van der Waals surface area contributed by atoms with Crippen LogP contribution in [0.4, 0.5) is 9.18 Å². The molecule has 4 fully saturated rings. The van der Waals surface area contributed by atoms with Gasteiger partial charge in [-0.25, -0.2) is 9.18 Å². The van der Waals surface area contributed by atoms with Gasteiger partial charge in [0.2, 0.25) is 0 Å². The Morgan fingerprint density at radius 2 is 1.77 bits per heavy atom. The third kappa shape index (κ3) is 5.06. The summed E-state index contributed by atoms with van der Waals surface area (Å²) < 4.78 is 19.7. The molecule has 6 heteroatoms. The SMILES string of the molecule is O=C(NC1CCCC1)N1CCC2(CC1)CC(N(Cc1ccc(F)cc1)C1CC1)CCO2. The summed E-state index contributed by atoms with van der Waals surface area (Å²) in [5, 5.41) is 3.23. The lowest BCUT2D eigenvalue weighted by Gasteiger charge is -2.48. The van der Waals surface area contributed by atoms with Crippen molar-refractivity contribution in [3.63, 3.8) is 0 Å². The Morgan fingerprint density at radius 3 is 2.45 bits per heavy atom. The second-order valence-corrected chi connectivity index (χ2v) is 10.1. The van der Waals surface area contributed by atoms with Gasteiger partial charge in [0.1, 0.15) is 5.82 Å². The molecule has 1 atom stereocenters. The summed E-state index contributed by atoms with van der Waals surface area (Å²) in [6.45, 7) is 3.26. The molecule has 1 aromatic rings. The molecule has 170 valence electrons. The Morgan fingerprint density at radius 1 is 1.06 bits per heavy atom. The van der Waals surface area contributed by atoms with Gasteiger partial charge in [-0.05, 0) is 69.1 Å². The van der Waals surface area contributed by atoms with E-state index in [2.05, 4.69) is 10.2 Å². The number of nitrogens with one attached hydrogen (secondary N) is 1. The van der Waals surface area contributed by atoms with Crippen molar-refractivity contribution in [3.8, 4) is 0 Å². The number of rotatable bonds is 5. The van der Waals surface area contributed by atoms with Gasteiger partial charge in [-0.1, -0.05) is 25.0 Å². The molecular weight excluding hydrogens is 393 g/mol. The molecule has 1 unspecified atom stereocenters. The van der Waals surface area contributed by atoms with E-state index in [0.29, 0.717) is 18.1 Å². The molecule has 2 aliphatic heterocycles. The number of hydrogen-bond donors (Lipinski definition) is 1. The van der Waals surface area contributed by atoms with Gasteiger partial charge in [-0.3, -0.25) is 4.90 Å². The number of carbonyl (C=O) groups is 1. The lowest BCUT2D eigenvalue weighted by Crippen LogP contribution is -2.56. The third-order valence-electron chi connectivity index (χ3n) is 7.87. The van der Waals surface area contributed by atoms with Crippen LogP contribution in [0.2, 0.25) is 0 Å². The Labute approximate surface area is 185 Å². The summed E-state index contributed by atoms with van der Waals surface area (Å²) in [7, 11) is 0. The van der Waals surface area contributed by atoms with Crippen molar-refractivity contribution in [2.75, 3.05) is 19.7 Å².